The van der Waals surface area contributed by atoms with Crippen molar-refractivity contribution in [2.45, 2.75) is 20.0 Å². The number of carboxylic acid groups (broad SMARTS) is 1. The number of nitrogens with one attached hydrogen (secondary N) is 2. The van der Waals surface area contributed by atoms with Crippen molar-refractivity contribution in [3.63, 3.8) is 0 Å². The molecule has 6 N–H and O–H groups in total. The normalized spacial score (nSPS) is 11.8. The molecule has 0 amide bonds. The SMILES string of the molecule is Cc1nn(-c2ccc(F)cc2)nc1COc1cc(N)nc2nnn(C(NNc3ccc(F)cc3)=C(O)CC(=O)O)c12. The molecule has 0 saturated carbocycles. The lowest BCUT2D eigenvalue weighted by atomic mass is 10.3. The number of hydrogen-bond donors (Lipinski definition) is 5. The Balaban J connectivity index is 1.48. The maximum atomic E-state index is 13.3. The van der Waals surface area contributed by atoms with Gasteiger partial charge in [0.05, 0.1) is 17.1 Å². The minimum atomic E-state index is -1.31. The molecule has 0 bridgehead atoms. The number of halogens is 2. The average molecular weight is 565 g/mol. The lowest BCUT2D eigenvalue weighted by Crippen LogP contribution is -2.26. The minimum absolute atomic E-state index is 0.0379. The predicted octanol–water partition coefficient (Wildman–Crippen LogP) is 2.93. The number of nitrogens with two attached hydrogens (primary N) is 1. The maximum absolute atomic E-state index is 13.3. The molecule has 0 radical (unpaired) electrons. The third kappa shape index (κ3) is 5.95. The summed E-state index contributed by atoms with van der Waals surface area (Å²) >= 11 is 0. The summed E-state index contributed by atoms with van der Waals surface area (Å²) in [6, 6.07) is 12.3. The summed E-state index contributed by atoms with van der Waals surface area (Å²) in [6.07, 6.45) is -0.765. The number of fused-ring (bicyclic) bond motifs is 1. The molecule has 3 aromatic heterocycles. The molecule has 0 unspecified atom stereocenters. The van der Waals surface area contributed by atoms with Gasteiger partial charge in [-0.2, -0.15) is 14.6 Å². The minimum Gasteiger partial charge on any atom is -0.508 e. The Bertz CT molecular complexity index is 1750. The molecule has 41 heavy (non-hydrogen) atoms. The van der Waals surface area contributed by atoms with E-state index in [4.69, 9.17) is 10.5 Å². The third-order valence-corrected chi connectivity index (χ3v) is 5.67. The Hall–Kier alpha value is -5.80. The number of anilines is 2. The van der Waals surface area contributed by atoms with Crippen LogP contribution in [0.15, 0.2) is 60.4 Å². The number of carboxylic acids is 1. The Morgan fingerprint density at radius 1 is 1.05 bits per heavy atom. The number of aliphatic hydroxyl groups excluding tert-OH is 1. The van der Waals surface area contributed by atoms with Crippen molar-refractivity contribution in [1.29, 1.82) is 0 Å². The van der Waals surface area contributed by atoms with Crippen LogP contribution in [0.3, 0.4) is 0 Å². The molecule has 2 aromatic carbocycles. The van der Waals surface area contributed by atoms with Crippen molar-refractivity contribution in [3.8, 4) is 11.4 Å². The Morgan fingerprint density at radius 2 is 1.73 bits per heavy atom. The number of hydrazine groups is 1. The molecule has 0 fully saturated rings. The van der Waals surface area contributed by atoms with Gasteiger partial charge in [0, 0.05) is 6.07 Å². The zero-order chi connectivity index (χ0) is 29.1. The van der Waals surface area contributed by atoms with E-state index in [0.717, 1.165) is 4.68 Å². The van der Waals surface area contributed by atoms with Gasteiger partial charge in [-0.05, 0) is 55.5 Å². The first kappa shape index (κ1) is 26.8. The van der Waals surface area contributed by atoms with Gasteiger partial charge in [-0.25, -0.2) is 13.8 Å². The highest BCUT2D eigenvalue weighted by Crippen LogP contribution is 2.28. The first-order valence-electron chi connectivity index (χ1n) is 11.9. The number of aryl methyl sites for hydroxylation is 1. The number of aliphatic hydroxyl groups is 1. The monoisotopic (exact) mass is 564 g/mol. The van der Waals surface area contributed by atoms with Crippen molar-refractivity contribution in [2.75, 3.05) is 11.2 Å². The fraction of sp³-hybridized carbons (Fsp3) is 0.120. The number of hydrogen-bond acceptors (Lipinski definition) is 11. The van der Waals surface area contributed by atoms with Crippen LogP contribution < -0.4 is 21.3 Å². The van der Waals surface area contributed by atoms with Crippen molar-refractivity contribution in [2.24, 2.45) is 0 Å². The van der Waals surface area contributed by atoms with Crippen LogP contribution in [0.2, 0.25) is 0 Å². The number of rotatable bonds is 10. The molecule has 16 heteroatoms. The molecule has 0 aliphatic carbocycles. The largest absolute Gasteiger partial charge is 0.508 e. The van der Waals surface area contributed by atoms with Crippen LogP contribution in [0.5, 0.6) is 5.75 Å². The van der Waals surface area contributed by atoms with E-state index in [-0.39, 0.29) is 35.2 Å². The van der Waals surface area contributed by atoms with Crippen LogP contribution >= 0.6 is 0 Å². The van der Waals surface area contributed by atoms with E-state index in [9.17, 15) is 23.8 Å². The second-order valence-corrected chi connectivity index (χ2v) is 8.63. The van der Waals surface area contributed by atoms with Gasteiger partial charge in [0.15, 0.2) is 17.1 Å². The summed E-state index contributed by atoms with van der Waals surface area (Å²) in [7, 11) is 0. The highest BCUT2D eigenvalue weighted by molar-refractivity contribution is 5.83. The molecule has 0 atom stereocenters. The number of aliphatic carboxylic acids is 1. The molecule has 0 saturated heterocycles. The quantitative estimate of drug-likeness (QED) is 0.123. The number of carbonyl (C=O) groups is 1. The molecule has 3 heterocycles. The van der Waals surface area contributed by atoms with Gasteiger partial charge < -0.3 is 20.7 Å². The van der Waals surface area contributed by atoms with E-state index in [0.29, 0.717) is 22.8 Å². The smallest absolute Gasteiger partial charge is 0.311 e. The highest BCUT2D eigenvalue weighted by atomic mass is 19.1. The van der Waals surface area contributed by atoms with E-state index in [2.05, 4.69) is 36.3 Å². The number of ether oxygens (including phenoxy) is 1. The lowest BCUT2D eigenvalue weighted by Gasteiger charge is -2.16. The number of benzene rings is 2. The Labute approximate surface area is 229 Å². The standard InChI is InChI=1S/C25H22F2N10O4/c1-13-18(34-37(33-13)17-8-4-15(27)5-9-17)12-41-20-11-21(28)29-24-23(20)36(35-31-24)25(19(38)10-22(39)40)32-30-16-6-2-14(26)3-7-16/h2-9,11,30,32,38H,10,12H2,1H3,(H2,28,29)(H,39,40). The summed E-state index contributed by atoms with van der Waals surface area (Å²) in [4.78, 5) is 16.8. The molecule has 14 nitrogen and oxygen atoms in total. The van der Waals surface area contributed by atoms with Crippen LogP contribution in [-0.2, 0) is 11.4 Å². The summed E-state index contributed by atoms with van der Waals surface area (Å²) < 4.78 is 33.7. The van der Waals surface area contributed by atoms with Gasteiger partial charge in [-0.1, -0.05) is 5.21 Å². The Morgan fingerprint density at radius 3 is 2.41 bits per heavy atom. The molecule has 0 aliphatic heterocycles. The fourth-order valence-corrected chi connectivity index (χ4v) is 3.70. The first-order chi connectivity index (χ1) is 19.7. The van der Waals surface area contributed by atoms with Gasteiger partial charge in [0.2, 0.25) is 5.65 Å². The van der Waals surface area contributed by atoms with Gasteiger partial charge in [-0.15, -0.1) is 10.2 Å². The number of aromatic nitrogens is 7. The van der Waals surface area contributed by atoms with Crippen LogP contribution in [0.1, 0.15) is 17.8 Å². The molecular formula is C25H22F2N10O4. The number of pyridine rings is 1. The average Bonchev–Trinajstić information content (AvgIpc) is 3.52. The predicted molar refractivity (Wildman–Crippen MR) is 141 cm³/mol. The molecule has 5 aromatic rings. The van der Waals surface area contributed by atoms with Crippen molar-refractivity contribution in [1.82, 2.24) is 40.4 Å². The van der Waals surface area contributed by atoms with E-state index in [1.807, 2.05) is 0 Å². The second-order valence-electron chi connectivity index (χ2n) is 8.63. The van der Waals surface area contributed by atoms with Gasteiger partial charge in [0.25, 0.3) is 0 Å². The maximum Gasteiger partial charge on any atom is 0.311 e. The summed E-state index contributed by atoms with van der Waals surface area (Å²) in [5.41, 5.74) is 13.5. The molecule has 0 spiro atoms. The topological polar surface area (TPSA) is 191 Å². The summed E-state index contributed by atoms with van der Waals surface area (Å²) in [5.74, 6) is -2.79. The second kappa shape index (κ2) is 11.1. The zero-order valence-electron chi connectivity index (χ0n) is 21.3. The number of nitrogens with zero attached hydrogens (tertiary/aromatic N) is 7. The van der Waals surface area contributed by atoms with E-state index in [1.54, 1.807) is 6.92 Å². The highest BCUT2D eigenvalue weighted by Gasteiger charge is 2.21. The van der Waals surface area contributed by atoms with Crippen LogP contribution in [0, 0.1) is 18.6 Å². The molecule has 210 valence electrons. The van der Waals surface area contributed by atoms with Gasteiger partial charge >= 0.3 is 5.97 Å². The summed E-state index contributed by atoms with van der Waals surface area (Å²) in [5, 5.41) is 36.7. The zero-order valence-corrected chi connectivity index (χ0v) is 21.3. The van der Waals surface area contributed by atoms with E-state index >= 15 is 0 Å². The van der Waals surface area contributed by atoms with Crippen molar-refractivity contribution >= 4 is 34.5 Å². The van der Waals surface area contributed by atoms with Crippen LogP contribution in [0.25, 0.3) is 22.7 Å². The van der Waals surface area contributed by atoms with Crippen LogP contribution in [-0.4, -0.2) is 51.2 Å². The fourth-order valence-electron chi connectivity index (χ4n) is 3.70. The molecular weight excluding hydrogens is 542 g/mol. The van der Waals surface area contributed by atoms with Crippen molar-refractivity contribution in [3.05, 3.63) is 83.4 Å². The number of nitrogen functional groups attached to an aromatic ring is 1. The van der Waals surface area contributed by atoms with Crippen LogP contribution in [0.4, 0.5) is 20.3 Å². The summed E-state index contributed by atoms with van der Waals surface area (Å²) in [6.45, 7) is 1.64. The Kier molecular flexibility index (Phi) is 7.27. The third-order valence-electron chi connectivity index (χ3n) is 5.67. The van der Waals surface area contributed by atoms with Crippen molar-refractivity contribution < 1.29 is 28.5 Å². The van der Waals surface area contributed by atoms with E-state index in [1.165, 1.54) is 59.4 Å². The lowest BCUT2D eigenvalue weighted by molar-refractivity contribution is -0.136. The van der Waals surface area contributed by atoms with Gasteiger partial charge in [-0.3, -0.25) is 15.6 Å². The molecule has 0 aliphatic rings. The first-order valence-corrected chi connectivity index (χ1v) is 11.9. The van der Waals surface area contributed by atoms with E-state index < -0.39 is 29.8 Å². The van der Waals surface area contributed by atoms with Gasteiger partial charge in [0.1, 0.15) is 41.9 Å². The molecule has 5 rings (SSSR count).